The van der Waals surface area contributed by atoms with Crippen molar-refractivity contribution in [1.29, 1.82) is 0 Å². The summed E-state index contributed by atoms with van der Waals surface area (Å²) in [5, 5.41) is 0. The normalized spacial score (nSPS) is 12.6. The van der Waals surface area contributed by atoms with Crippen molar-refractivity contribution in [3.05, 3.63) is 0 Å². The smallest absolute Gasteiger partial charge is 0.305 e. The minimum atomic E-state index is -0.304. The van der Waals surface area contributed by atoms with Gasteiger partial charge in [0.15, 0.2) is 0 Å². The molecule has 0 aromatic heterocycles. The van der Waals surface area contributed by atoms with E-state index < -0.39 is 0 Å². The summed E-state index contributed by atoms with van der Waals surface area (Å²) < 4.78 is 16.3. The Hall–Kier alpha value is -0.600. The van der Waals surface area contributed by atoms with Crippen LogP contribution in [0, 0.1) is 5.92 Å². The lowest BCUT2D eigenvalue weighted by molar-refractivity contribution is -0.140. The summed E-state index contributed by atoms with van der Waals surface area (Å²) in [6.45, 7) is 1.53. The molecule has 0 radical (unpaired) electrons. The molecule has 66 valence electrons. The van der Waals surface area contributed by atoms with Crippen LogP contribution in [-0.2, 0) is 9.53 Å². The average Bonchev–Trinajstić information content (AvgIpc) is 2.04. The zero-order valence-corrected chi connectivity index (χ0v) is 7.10. The molecule has 0 aromatic rings. The Kier molecular flexibility index (Phi) is 5.80. The van der Waals surface area contributed by atoms with Crippen molar-refractivity contribution in [1.82, 2.24) is 0 Å². The summed E-state index contributed by atoms with van der Waals surface area (Å²) in [7, 11) is 1.36. The second-order valence-electron chi connectivity index (χ2n) is 2.73. The summed E-state index contributed by atoms with van der Waals surface area (Å²) in [6.07, 6.45) is 1.88. The Morgan fingerprint density at radius 2 is 2.27 bits per heavy atom. The van der Waals surface area contributed by atoms with Crippen LogP contribution in [0.3, 0.4) is 0 Å². The van der Waals surface area contributed by atoms with E-state index in [-0.39, 0.29) is 18.6 Å². The summed E-state index contributed by atoms with van der Waals surface area (Å²) in [5.74, 6) is -0.143. The monoisotopic (exact) mass is 162 g/mol. The third-order valence-corrected chi connectivity index (χ3v) is 1.57. The first-order chi connectivity index (χ1) is 5.20. The zero-order chi connectivity index (χ0) is 8.69. The molecule has 0 heterocycles. The molecule has 0 amide bonds. The van der Waals surface area contributed by atoms with E-state index in [2.05, 4.69) is 4.74 Å². The standard InChI is InChI=1S/C8H15FO2/c1-7(6-9)4-3-5-8(10)11-2/h7H,3-6H2,1-2H3. The van der Waals surface area contributed by atoms with Crippen molar-refractivity contribution in [3.8, 4) is 0 Å². The molecule has 0 aliphatic rings. The van der Waals surface area contributed by atoms with Gasteiger partial charge in [-0.3, -0.25) is 9.18 Å². The molecule has 11 heavy (non-hydrogen) atoms. The first kappa shape index (κ1) is 10.4. The van der Waals surface area contributed by atoms with E-state index in [1.165, 1.54) is 7.11 Å². The van der Waals surface area contributed by atoms with Crippen LogP contribution in [0.2, 0.25) is 0 Å². The minimum absolute atomic E-state index is 0.0691. The largest absolute Gasteiger partial charge is 0.469 e. The predicted molar refractivity (Wildman–Crippen MR) is 41.0 cm³/mol. The second kappa shape index (κ2) is 6.13. The summed E-state index contributed by atoms with van der Waals surface area (Å²) in [6, 6.07) is 0. The molecule has 0 rings (SSSR count). The van der Waals surface area contributed by atoms with Gasteiger partial charge in [0, 0.05) is 6.42 Å². The molecule has 0 aliphatic heterocycles. The number of hydrogen-bond acceptors (Lipinski definition) is 2. The van der Waals surface area contributed by atoms with Crippen molar-refractivity contribution >= 4 is 5.97 Å². The van der Waals surface area contributed by atoms with E-state index in [1.807, 2.05) is 6.92 Å². The van der Waals surface area contributed by atoms with Crippen molar-refractivity contribution in [2.24, 2.45) is 5.92 Å². The summed E-state index contributed by atoms with van der Waals surface area (Å²) in [5.41, 5.74) is 0. The maximum absolute atomic E-state index is 11.9. The first-order valence-corrected chi connectivity index (χ1v) is 3.83. The van der Waals surface area contributed by atoms with Crippen LogP contribution in [0.15, 0.2) is 0 Å². The van der Waals surface area contributed by atoms with Gasteiger partial charge < -0.3 is 4.74 Å². The SMILES string of the molecule is COC(=O)CCCC(C)CF. The molecule has 1 unspecified atom stereocenters. The number of alkyl halides is 1. The Morgan fingerprint density at radius 1 is 1.64 bits per heavy atom. The van der Waals surface area contributed by atoms with Crippen LogP contribution >= 0.6 is 0 Å². The first-order valence-electron chi connectivity index (χ1n) is 3.83. The lowest BCUT2D eigenvalue weighted by atomic mass is 10.1. The van der Waals surface area contributed by atoms with Crippen LogP contribution in [0.5, 0.6) is 0 Å². The molecule has 0 N–H and O–H groups in total. The van der Waals surface area contributed by atoms with E-state index in [4.69, 9.17) is 0 Å². The third kappa shape index (κ3) is 5.83. The van der Waals surface area contributed by atoms with E-state index in [1.54, 1.807) is 0 Å². The fraction of sp³-hybridized carbons (Fsp3) is 0.875. The highest BCUT2D eigenvalue weighted by molar-refractivity contribution is 5.68. The van der Waals surface area contributed by atoms with Crippen molar-refractivity contribution < 1.29 is 13.9 Å². The van der Waals surface area contributed by atoms with Crippen molar-refractivity contribution in [2.45, 2.75) is 26.2 Å². The van der Waals surface area contributed by atoms with Crippen molar-refractivity contribution in [2.75, 3.05) is 13.8 Å². The maximum Gasteiger partial charge on any atom is 0.305 e. The number of halogens is 1. The molecule has 0 saturated heterocycles. The molecule has 2 nitrogen and oxygen atoms in total. The van der Waals surface area contributed by atoms with Gasteiger partial charge in [0.25, 0.3) is 0 Å². The Labute approximate surface area is 66.7 Å². The van der Waals surface area contributed by atoms with Gasteiger partial charge in [-0.2, -0.15) is 0 Å². The van der Waals surface area contributed by atoms with Crippen molar-refractivity contribution in [3.63, 3.8) is 0 Å². The molecule has 0 saturated carbocycles. The van der Waals surface area contributed by atoms with Crippen LogP contribution in [0.25, 0.3) is 0 Å². The molecule has 0 aliphatic carbocycles. The number of esters is 1. The average molecular weight is 162 g/mol. The molecule has 0 fully saturated rings. The van der Waals surface area contributed by atoms with E-state index in [0.29, 0.717) is 6.42 Å². The van der Waals surface area contributed by atoms with Crippen LogP contribution in [-0.4, -0.2) is 19.8 Å². The van der Waals surface area contributed by atoms with Gasteiger partial charge in [-0.1, -0.05) is 6.92 Å². The highest BCUT2D eigenvalue weighted by atomic mass is 19.1. The molecule has 1 atom stereocenters. The van der Waals surface area contributed by atoms with Crippen LogP contribution < -0.4 is 0 Å². The zero-order valence-electron chi connectivity index (χ0n) is 7.10. The topological polar surface area (TPSA) is 26.3 Å². The fourth-order valence-corrected chi connectivity index (χ4v) is 0.774. The highest BCUT2D eigenvalue weighted by Gasteiger charge is 2.03. The number of hydrogen-bond donors (Lipinski definition) is 0. The fourth-order valence-electron chi connectivity index (χ4n) is 0.774. The van der Waals surface area contributed by atoms with Gasteiger partial charge >= 0.3 is 5.97 Å². The Balaban J connectivity index is 3.20. The Bertz CT molecular complexity index is 115. The van der Waals surface area contributed by atoms with Gasteiger partial charge in [-0.05, 0) is 18.8 Å². The van der Waals surface area contributed by atoms with Gasteiger partial charge in [0.2, 0.25) is 0 Å². The number of ether oxygens (including phenoxy) is 1. The molecule has 3 heteroatoms. The van der Waals surface area contributed by atoms with E-state index in [9.17, 15) is 9.18 Å². The van der Waals surface area contributed by atoms with Crippen LogP contribution in [0.4, 0.5) is 4.39 Å². The molecule has 0 bridgehead atoms. The third-order valence-electron chi connectivity index (χ3n) is 1.57. The van der Waals surface area contributed by atoms with Crippen LogP contribution in [0.1, 0.15) is 26.2 Å². The lowest BCUT2D eigenvalue weighted by Crippen LogP contribution is -2.02. The molecular weight excluding hydrogens is 147 g/mol. The molecule has 0 spiro atoms. The lowest BCUT2D eigenvalue weighted by Gasteiger charge is -2.04. The number of carbonyl (C=O) groups is 1. The quantitative estimate of drug-likeness (QED) is 0.577. The number of carbonyl (C=O) groups excluding carboxylic acids is 1. The summed E-state index contributed by atoms with van der Waals surface area (Å²) in [4.78, 5) is 10.6. The van der Waals surface area contributed by atoms with Gasteiger partial charge in [-0.15, -0.1) is 0 Å². The molecular formula is C8H15FO2. The summed E-state index contributed by atoms with van der Waals surface area (Å²) >= 11 is 0. The highest BCUT2D eigenvalue weighted by Crippen LogP contribution is 2.08. The maximum atomic E-state index is 11.9. The van der Waals surface area contributed by atoms with Gasteiger partial charge in [-0.25, -0.2) is 0 Å². The number of methoxy groups -OCH3 is 1. The van der Waals surface area contributed by atoms with E-state index in [0.717, 1.165) is 12.8 Å². The Morgan fingerprint density at radius 3 is 2.73 bits per heavy atom. The van der Waals surface area contributed by atoms with E-state index >= 15 is 0 Å². The molecule has 0 aromatic carbocycles. The number of rotatable bonds is 5. The van der Waals surface area contributed by atoms with Gasteiger partial charge in [0.05, 0.1) is 13.8 Å². The second-order valence-corrected chi connectivity index (χ2v) is 2.73. The van der Waals surface area contributed by atoms with Gasteiger partial charge in [0.1, 0.15) is 0 Å². The minimum Gasteiger partial charge on any atom is -0.469 e. The predicted octanol–water partition coefficient (Wildman–Crippen LogP) is 1.94.